The highest BCUT2D eigenvalue weighted by Gasteiger charge is 2.37. The molecule has 8 heteroatoms. The lowest BCUT2D eigenvalue weighted by atomic mass is 9.99. The van der Waals surface area contributed by atoms with Crippen molar-refractivity contribution in [2.45, 2.75) is 71.7 Å². The fourth-order valence-electron chi connectivity index (χ4n) is 2.52. The Bertz CT molecular complexity index is 664. The molecular formula is C20H36N2O5Si. The predicted octanol–water partition coefficient (Wildman–Crippen LogP) is 3.62. The molecule has 1 unspecified atom stereocenters. The number of nitrogens with zero attached hydrogens (tertiary/aromatic N) is 2. The Kier molecular flexibility index (Phi) is 8.88. The number of hydrogen-bond acceptors (Lipinski definition) is 6. The topological polar surface area (TPSA) is 79.7 Å². The van der Waals surface area contributed by atoms with Gasteiger partial charge in [0.05, 0.1) is 44.6 Å². The van der Waals surface area contributed by atoms with Crippen molar-refractivity contribution in [3.8, 4) is 0 Å². The van der Waals surface area contributed by atoms with Crippen LogP contribution in [0.1, 0.15) is 52.1 Å². The molecule has 0 radical (unpaired) electrons. The molecule has 0 saturated carbocycles. The molecule has 0 spiro atoms. The summed E-state index contributed by atoms with van der Waals surface area (Å²) in [6, 6.07) is 0. The summed E-state index contributed by atoms with van der Waals surface area (Å²) in [4.78, 5) is 28.2. The van der Waals surface area contributed by atoms with E-state index in [9.17, 15) is 9.59 Å². The highest BCUT2D eigenvalue weighted by Crippen LogP contribution is 2.37. The Hall–Kier alpha value is -1.67. The van der Waals surface area contributed by atoms with Gasteiger partial charge in [-0.05, 0) is 31.5 Å². The SMILES string of the molecule is CCOC(=O)CC(CCc1ncc(CO[Si](C)(C)C(C)(C)C)n1C)C(=O)OC. The molecule has 0 aliphatic heterocycles. The van der Waals surface area contributed by atoms with Crippen LogP contribution < -0.4 is 0 Å². The van der Waals surface area contributed by atoms with Gasteiger partial charge in [-0.2, -0.15) is 0 Å². The van der Waals surface area contributed by atoms with Crippen molar-refractivity contribution in [2.24, 2.45) is 13.0 Å². The second kappa shape index (κ2) is 10.2. The van der Waals surface area contributed by atoms with Crippen LogP contribution in [0.3, 0.4) is 0 Å². The summed E-state index contributed by atoms with van der Waals surface area (Å²) in [5.74, 6) is -0.468. The predicted molar refractivity (Wildman–Crippen MR) is 110 cm³/mol. The first-order chi connectivity index (χ1) is 12.9. The van der Waals surface area contributed by atoms with E-state index in [-0.39, 0.29) is 17.4 Å². The van der Waals surface area contributed by atoms with Crippen LogP contribution in [0.4, 0.5) is 0 Å². The van der Waals surface area contributed by atoms with Gasteiger partial charge in [-0.1, -0.05) is 20.8 Å². The summed E-state index contributed by atoms with van der Waals surface area (Å²) in [5.41, 5.74) is 1.000. The highest BCUT2D eigenvalue weighted by molar-refractivity contribution is 6.74. The third-order valence-electron chi connectivity index (χ3n) is 5.54. The van der Waals surface area contributed by atoms with Crippen molar-refractivity contribution >= 4 is 20.3 Å². The van der Waals surface area contributed by atoms with Crippen molar-refractivity contribution in [3.63, 3.8) is 0 Å². The quantitative estimate of drug-likeness (QED) is 0.431. The maximum atomic E-state index is 12.0. The first kappa shape index (κ1) is 24.4. The summed E-state index contributed by atoms with van der Waals surface area (Å²) < 4.78 is 18.1. The summed E-state index contributed by atoms with van der Waals surface area (Å²) in [6.07, 6.45) is 2.88. The van der Waals surface area contributed by atoms with E-state index in [4.69, 9.17) is 13.9 Å². The fraction of sp³-hybridized carbons (Fsp3) is 0.750. The maximum absolute atomic E-state index is 12.0. The highest BCUT2D eigenvalue weighted by atomic mass is 28.4. The van der Waals surface area contributed by atoms with E-state index in [0.29, 0.717) is 26.1 Å². The molecule has 1 aromatic rings. The van der Waals surface area contributed by atoms with Gasteiger partial charge in [0.2, 0.25) is 0 Å². The Morgan fingerprint density at radius 3 is 2.46 bits per heavy atom. The van der Waals surface area contributed by atoms with Crippen LogP contribution in [0.15, 0.2) is 6.20 Å². The van der Waals surface area contributed by atoms with Gasteiger partial charge >= 0.3 is 11.9 Å². The van der Waals surface area contributed by atoms with Gasteiger partial charge in [0.25, 0.3) is 0 Å². The van der Waals surface area contributed by atoms with E-state index >= 15 is 0 Å². The third kappa shape index (κ3) is 6.74. The zero-order valence-corrected chi connectivity index (χ0v) is 19.6. The average molecular weight is 413 g/mol. The van der Waals surface area contributed by atoms with Crippen LogP contribution in [0.25, 0.3) is 0 Å². The van der Waals surface area contributed by atoms with Gasteiger partial charge in [0, 0.05) is 13.5 Å². The van der Waals surface area contributed by atoms with Gasteiger partial charge in [-0.3, -0.25) is 9.59 Å². The summed E-state index contributed by atoms with van der Waals surface area (Å²) in [7, 11) is 1.44. The van der Waals surface area contributed by atoms with E-state index in [0.717, 1.165) is 11.5 Å². The molecule has 0 aromatic carbocycles. The lowest BCUT2D eigenvalue weighted by Gasteiger charge is -2.36. The van der Waals surface area contributed by atoms with Gasteiger partial charge in [-0.25, -0.2) is 4.98 Å². The molecule has 160 valence electrons. The number of imidazole rings is 1. The first-order valence-corrected chi connectivity index (χ1v) is 12.7. The van der Waals surface area contributed by atoms with E-state index in [2.05, 4.69) is 38.8 Å². The molecule has 1 rings (SSSR count). The minimum Gasteiger partial charge on any atom is -0.469 e. The zero-order chi connectivity index (χ0) is 21.5. The van der Waals surface area contributed by atoms with E-state index in [1.165, 1.54) is 7.11 Å². The summed E-state index contributed by atoms with van der Waals surface area (Å²) in [5, 5.41) is 0.148. The molecule has 1 aromatic heterocycles. The molecule has 0 N–H and O–H groups in total. The number of aryl methyl sites for hydroxylation is 1. The number of carbonyl (C=O) groups is 2. The average Bonchev–Trinajstić information content (AvgIpc) is 2.95. The fourth-order valence-corrected chi connectivity index (χ4v) is 3.46. The van der Waals surface area contributed by atoms with Crippen LogP contribution >= 0.6 is 0 Å². The molecule has 7 nitrogen and oxygen atoms in total. The largest absolute Gasteiger partial charge is 0.469 e. The maximum Gasteiger partial charge on any atom is 0.309 e. The van der Waals surface area contributed by atoms with Gasteiger partial charge in [0.15, 0.2) is 8.32 Å². The molecule has 1 atom stereocenters. The molecule has 0 amide bonds. The Labute approximate surface area is 169 Å². The van der Waals surface area contributed by atoms with Crippen molar-refractivity contribution in [1.82, 2.24) is 9.55 Å². The molecule has 0 aliphatic rings. The lowest BCUT2D eigenvalue weighted by molar-refractivity contribution is -0.153. The molecule has 1 heterocycles. The van der Waals surface area contributed by atoms with Crippen LogP contribution in [-0.4, -0.2) is 43.5 Å². The van der Waals surface area contributed by atoms with Crippen molar-refractivity contribution in [1.29, 1.82) is 0 Å². The molecule has 0 bridgehead atoms. The van der Waals surface area contributed by atoms with E-state index in [1.54, 1.807) is 6.92 Å². The molecule has 28 heavy (non-hydrogen) atoms. The molecule has 0 saturated heterocycles. The number of ether oxygens (including phenoxy) is 2. The van der Waals surface area contributed by atoms with Crippen molar-refractivity contribution in [3.05, 3.63) is 17.7 Å². The van der Waals surface area contributed by atoms with Crippen LogP contribution in [-0.2, 0) is 43.6 Å². The summed E-state index contributed by atoms with van der Waals surface area (Å²) >= 11 is 0. The normalized spacial score (nSPS) is 13.3. The Morgan fingerprint density at radius 1 is 1.29 bits per heavy atom. The standard InChI is InChI=1S/C20H36N2O5Si/c1-9-26-18(23)12-15(19(24)25-6)10-11-17-21-13-16(22(17)5)14-27-28(7,8)20(2,3)4/h13,15H,9-12,14H2,1-8H3. The van der Waals surface area contributed by atoms with Crippen LogP contribution in [0.5, 0.6) is 0 Å². The zero-order valence-electron chi connectivity index (χ0n) is 18.6. The second-order valence-electron chi connectivity index (χ2n) is 8.54. The Balaban J connectivity index is 2.74. The minimum absolute atomic E-state index is 0.0201. The Morgan fingerprint density at radius 2 is 1.93 bits per heavy atom. The van der Waals surface area contributed by atoms with Crippen molar-refractivity contribution < 1.29 is 23.5 Å². The van der Waals surface area contributed by atoms with Crippen LogP contribution in [0.2, 0.25) is 18.1 Å². The number of aromatic nitrogens is 2. The number of hydrogen-bond donors (Lipinski definition) is 0. The number of carbonyl (C=O) groups excluding carboxylic acids is 2. The van der Waals surface area contributed by atoms with Gasteiger partial charge in [-0.15, -0.1) is 0 Å². The smallest absolute Gasteiger partial charge is 0.309 e. The van der Waals surface area contributed by atoms with Crippen molar-refractivity contribution in [2.75, 3.05) is 13.7 Å². The van der Waals surface area contributed by atoms with E-state index in [1.807, 2.05) is 17.8 Å². The molecule has 0 aliphatic carbocycles. The first-order valence-electron chi connectivity index (χ1n) is 9.79. The van der Waals surface area contributed by atoms with Crippen LogP contribution in [0, 0.1) is 5.92 Å². The third-order valence-corrected chi connectivity index (χ3v) is 10.0. The number of methoxy groups -OCH3 is 1. The van der Waals surface area contributed by atoms with Gasteiger partial charge < -0.3 is 18.5 Å². The summed E-state index contributed by atoms with van der Waals surface area (Å²) in [6.45, 7) is 13.6. The molecular weight excluding hydrogens is 376 g/mol. The number of esters is 2. The molecule has 0 fully saturated rings. The minimum atomic E-state index is -1.84. The second-order valence-corrected chi connectivity index (χ2v) is 13.4. The monoisotopic (exact) mass is 412 g/mol. The number of rotatable bonds is 10. The van der Waals surface area contributed by atoms with Gasteiger partial charge in [0.1, 0.15) is 5.82 Å². The van der Waals surface area contributed by atoms with E-state index < -0.39 is 20.2 Å². The lowest BCUT2D eigenvalue weighted by Crippen LogP contribution is -2.40.